The van der Waals surface area contributed by atoms with Crippen LogP contribution in [0.1, 0.15) is 36.2 Å². The summed E-state index contributed by atoms with van der Waals surface area (Å²) in [5.74, 6) is -1.61. The van der Waals surface area contributed by atoms with Crippen LogP contribution in [-0.2, 0) is 6.42 Å². The predicted molar refractivity (Wildman–Crippen MR) is 131 cm³/mol. The number of alkyl halides is 4. The van der Waals surface area contributed by atoms with E-state index >= 15 is 8.78 Å². The second-order valence-corrected chi connectivity index (χ2v) is 10.2. The average molecular weight is 525 g/mol. The van der Waals surface area contributed by atoms with Crippen LogP contribution in [0.2, 0.25) is 0 Å². The number of likely N-dealkylation sites (tertiary alicyclic amines) is 1. The molecule has 0 aliphatic carbocycles. The highest BCUT2D eigenvalue weighted by atomic mass is 19.4. The van der Waals surface area contributed by atoms with Crippen molar-refractivity contribution < 1.29 is 26.3 Å². The first-order valence-corrected chi connectivity index (χ1v) is 12.6. The Hall–Kier alpha value is -2.72. The lowest BCUT2D eigenvalue weighted by molar-refractivity contribution is -0.150. The first-order chi connectivity index (χ1) is 17.6. The molecule has 1 aromatic heterocycles. The minimum absolute atomic E-state index is 0.0200. The Morgan fingerprint density at radius 2 is 1.81 bits per heavy atom. The largest absolute Gasteiger partial charge is 0.401 e. The lowest BCUT2D eigenvalue weighted by Gasteiger charge is -2.36. The molecule has 2 N–H and O–H groups in total. The number of hydrogen-bond acceptors (Lipinski definition) is 3. The Morgan fingerprint density at radius 3 is 2.51 bits per heavy atom. The summed E-state index contributed by atoms with van der Waals surface area (Å²) in [6.07, 6.45) is -3.75. The van der Waals surface area contributed by atoms with Gasteiger partial charge in [0.2, 0.25) is 0 Å². The maximum absolute atomic E-state index is 15.6. The fourth-order valence-electron chi connectivity index (χ4n) is 5.88. The third-order valence-corrected chi connectivity index (χ3v) is 7.52. The SMILES string of the molecule is CC1CN(CCCF)C[C@H]1Nc1cc(F)c(C2c3[nH]c4ccccc4c3CCN2CC(F)(F)F)c(F)c1. The number of nitrogens with zero attached hydrogens (tertiary/aromatic N) is 2. The molecule has 0 saturated carbocycles. The molecule has 2 aromatic carbocycles. The number of fused-ring (bicyclic) bond motifs is 3. The van der Waals surface area contributed by atoms with Gasteiger partial charge in [0.15, 0.2) is 0 Å². The molecule has 10 heteroatoms. The molecule has 3 atom stereocenters. The number of benzene rings is 2. The summed E-state index contributed by atoms with van der Waals surface area (Å²) in [7, 11) is 0. The fraction of sp³-hybridized carbons (Fsp3) is 0.481. The number of hydrogen-bond donors (Lipinski definition) is 2. The molecule has 2 aliphatic rings. The molecule has 1 fully saturated rings. The van der Waals surface area contributed by atoms with Crippen LogP contribution in [0.3, 0.4) is 0 Å². The van der Waals surface area contributed by atoms with Gasteiger partial charge in [0.05, 0.1) is 19.3 Å². The van der Waals surface area contributed by atoms with Crippen LogP contribution in [0, 0.1) is 17.6 Å². The maximum atomic E-state index is 15.6. The van der Waals surface area contributed by atoms with E-state index in [1.54, 1.807) is 12.1 Å². The number of rotatable bonds is 7. The molecule has 3 aromatic rings. The molecule has 37 heavy (non-hydrogen) atoms. The quantitative estimate of drug-likeness (QED) is 0.370. The monoisotopic (exact) mass is 524 g/mol. The normalized spacial score (nSPS) is 23.1. The average Bonchev–Trinajstić information content (AvgIpc) is 3.37. The van der Waals surface area contributed by atoms with Crippen molar-refractivity contribution >= 4 is 16.6 Å². The summed E-state index contributed by atoms with van der Waals surface area (Å²) in [5.41, 5.74) is 1.73. The van der Waals surface area contributed by atoms with E-state index in [0.29, 0.717) is 31.6 Å². The van der Waals surface area contributed by atoms with Crippen LogP contribution in [0.15, 0.2) is 36.4 Å². The third-order valence-electron chi connectivity index (χ3n) is 7.52. The summed E-state index contributed by atoms with van der Waals surface area (Å²) in [5, 5.41) is 4.03. The van der Waals surface area contributed by atoms with Crippen LogP contribution >= 0.6 is 0 Å². The van der Waals surface area contributed by atoms with Gasteiger partial charge in [0.1, 0.15) is 11.6 Å². The summed E-state index contributed by atoms with van der Waals surface area (Å²) in [6.45, 7) is 2.34. The minimum Gasteiger partial charge on any atom is -0.381 e. The van der Waals surface area contributed by atoms with E-state index in [9.17, 15) is 17.6 Å². The van der Waals surface area contributed by atoms with Gasteiger partial charge >= 0.3 is 6.18 Å². The summed E-state index contributed by atoms with van der Waals surface area (Å²) < 4.78 is 84.2. The third kappa shape index (κ3) is 5.31. The topological polar surface area (TPSA) is 34.3 Å². The van der Waals surface area contributed by atoms with Crippen LogP contribution in [0.25, 0.3) is 10.9 Å². The van der Waals surface area contributed by atoms with Crippen LogP contribution in [0.5, 0.6) is 0 Å². The van der Waals surface area contributed by atoms with Gasteiger partial charge in [-0.25, -0.2) is 8.78 Å². The van der Waals surface area contributed by atoms with Gasteiger partial charge < -0.3 is 15.2 Å². The van der Waals surface area contributed by atoms with Gasteiger partial charge in [-0.2, -0.15) is 13.2 Å². The van der Waals surface area contributed by atoms with Gasteiger partial charge in [-0.05, 0) is 42.5 Å². The van der Waals surface area contributed by atoms with Gasteiger partial charge in [-0.1, -0.05) is 25.1 Å². The molecule has 1 saturated heterocycles. The molecule has 200 valence electrons. The molecule has 0 bridgehead atoms. The Morgan fingerprint density at radius 1 is 1.08 bits per heavy atom. The summed E-state index contributed by atoms with van der Waals surface area (Å²) in [4.78, 5) is 6.35. The highest BCUT2D eigenvalue weighted by molar-refractivity contribution is 5.85. The Kier molecular flexibility index (Phi) is 7.15. The lowest BCUT2D eigenvalue weighted by atomic mass is 9.91. The van der Waals surface area contributed by atoms with E-state index in [2.05, 4.69) is 15.2 Å². The molecular formula is C27H30F6N4. The molecule has 2 aliphatic heterocycles. The molecule has 4 nitrogen and oxygen atoms in total. The van der Waals surface area contributed by atoms with Crippen molar-refractivity contribution in [1.29, 1.82) is 0 Å². The van der Waals surface area contributed by atoms with Crippen molar-refractivity contribution in [3.63, 3.8) is 0 Å². The Labute approximate surface area is 211 Å². The van der Waals surface area contributed by atoms with E-state index < -0.39 is 42.6 Å². The Balaban J connectivity index is 1.48. The second-order valence-electron chi connectivity index (χ2n) is 10.2. The van der Waals surface area contributed by atoms with Crippen molar-refractivity contribution in [2.24, 2.45) is 5.92 Å². The molecular weight excluding hydrogens is 494 g/mol. The Bertz CT molecular complexity index is 1230. The van der Waals surface area contributed by atoms with E-state index in [1.807, 2.05) is 19.1 Å². The number of halogens is 6. The maximum Gasteiger partial charge on any atom is 0.401 e. The molecule has 0 radical (unpaired) electrons. The van der Waals surface area contributed by atoms with Crippen LogP contribution in [0.4, 0.5) is 32.0 Å². The molecule has 3 heterocycles. The number of H-pyrrole nitrogens is 1. The number of aromatic amines is 1. The fourth-order valence-corrected chi connectivity index (χ4v) is 5.88. The number of aromatic nitrogens is 1. The van der Waals surface area contributed by atoms with Crippen molar-refractivity contribution in [3.8, 4) is 0 Å². The van der Waals surface area contributed by atoms with Crippen LogP contribution < -0.4 is 5.32 Å². The van der Waals surface area contributed by atoms with Crippen LogP contribution in [-0.4, -0.2) is 66.4 Å². The lowest BCUT2D eigenvalue weighted by Crippen LogP contribution is -2.42. The number of nitrogens with one attached hydrogen (secondary N) is 2. The first-order valence-electron chi connectivity index (χ1n) is 12.6. The van der Waals surface area contributed by atoms with E-state index in [-0.39, 0.29) is 24.2 Å². The molecule has 2 unspecified atom stereocenters. The van der Waals surface area contributed by atoms with Crippen molar-refractivity contribution in [3.05, 3.63) is 64.9 Å². The van der Waals surface area contributed by atoms with Crippen molar-refractivity contribution in [2.75, 3.05) is 44.7 Å². The van der Waals surface area contributed by atoms with Crippen molar-refractivity contribution in [1.82, 2.24) is 14.8 Å². The number of para-hydroxylation sites is 1. The molecule has 0 amide bonds. The smallest absolute Gasteiger partial charge is 0.381 e. The summed E-state index contributed by atoms with van der Waals surface area (Å²) >= 11 is 0. The van der Waals surface area contributed by atoms with Gasteiger partial charge in [0.25, 0.3) is 0 Å². The second kappa shape index (κ2) is 10.2. The molecule has 0 spiro atoms. The van der Waals surface area contributed by atoms with Gasteiger partial charge in [-0.15, -0.1) is 0 Å². The minimum atomic E-state index is -4.52. The van der Waals surface area contributed by atoms with Gasteiger partial charge in [0, 0.05) is 60.1 Å². The highest BCUT2D eigenvalue weighted by Gasteiger charge is 2.41. The standard InChI is InChI=1S/C27H30F6N4/c1-16-13-36(9-4-8-28)14-23(16)34-17-11-20(29)24(21(30)12-17)26-25-19(7-10-37(26)15-27(31,32)33)18-5-2-3-6-22(18)35-25/h2-3,5-6,11-12,16,23,26,34-35H,4,7-10,13-15H2,1H3/t16?,23-,26?/m1/s1. The van der Waals surface area contributed by atoms with E-state index in [1.165, 1.54) is 0 Å². The summed E-state index contributed by atoms with van der Waals surface area (Å²) in [6, 6.07) is 8.30. The predicted octanol–water partition coefficient (Wildman–Crippen LogP) is 6.05. The molecule has 5 rings (SSSR count). The van der Waals surface area contributed by atoms with E-state index in [4.69, 9.17) is 0 Å². The van der Waals surface area contributed by atoms with Crippen molar-refractivity contribution in [2.45, 2.75) is 38.0 Å². The van der Waals surface area contributed by atoms with Gasteiger partial charge in [-0.3, -0.25) is 9.29 Å². The zero-order valence-corrected chi connectivity index (χ0v) is 20.5. The highest BCUT2D eigenvalue weighted by Crippen LogP contribution is 2.42. The zero-order valence-electron chi connectivity index (χ0n) is 20.5. The zero-order chi connectivity index (χ0) is 26.3. The first kappa shape index (κ1) is 25.9. The number of anilines is 1. The van der Waals surface area contributed by atoms with E-state index in [0.717, 1.165) is 40.0 Å².